The van der Waals surface area contributed by atoms with Crippen LogP contribution in [0.3, 0.4) is 0 Å². The van der Waals surface area contributed by atoms with E-state index in [1.165, 1.54) is 0 Å². The fourth-order valence-corrected chi connectivity index (χ4v) is 2.44. The molecule has 3 nitrogen and oxygen atoms in total. The molecule has 0 aromatic heterocycles. The van der Waals surface area contributed by atoms with E-state index < -0.39 is 8.24 Å². The van der Waals surface area contributed by atoms with Gasteiger partial charge in [-0.05, 0) is 19.9 Å². The lowest BCUT2D eigenvalue weighted by Gasteiger charge is -2.38. The standard InChI is InChI=1S/C9H19NO2Si/c1-10(13(2,3)4)8-6-5-7-9(11)12-8/h8H,5-7H2,1-4H3. The number of cyclic esters (lactones) is 1. The van der Waals surface area contributed by atoms with E-state index in [0.29, 0.717) is 6.42 Å². The Labute approximate surface area is 81.1 Å². The van der Waals surface area contributed by atoms with Gasteiger partial charge < -0.3 is 4.74 Å². The van der Waals surface area contributed by atoms with Gasteiger partial charge in [0.05, 0.1) is 0 Å². The normalized spacial score (nSPS) is 24.7. The predicted molar refractivity (Wildman–Crippen MR) is 54.8 cm³/mol. The van der Waals surface area contributed by atoms with Crippen LogP contribution in [0.2, 0.25) is 19.6 Å². The van der Waals surface area contributed by atoms with Crippen LogP contribution < -0.4 is 0 Å². The minimum Gasteiger partial charge on any atom is -0.447 e. The zero-order valence-electron chi connectivity index (χ0n) is 8.96. The maximum absolute atomic E-state index is 11.1. The van der Waals surface area contributed by atoms with Gasteiger partial charge in [-0.25, -0.2) is 0 Å². The Hall–Kier alpha value is -0.353. The van der Waals surface area contributed by atoms with Crippen molar-refractivity contribution in [2.45, 2.75) is 45.1 Å². The number of ether oxygens (including phenoxy) is 1. The highest BCUT2D eigenvalue weighted by atomic mass is 28.3. The molecule has 1 rings (SSSR count). The first-order chi connectivity index (χ1) is 5.91. The number of esters is 1. The van der Waals surface area contributed by atoms with E-state index in [9.17, 15) is 4.79 Å². The van der Waals surface area contributed by atoms with Gasteiger partial charge in [-0.2, -0.15) is 0 Å². The van der Waals surface area contributed by atoms with Crippen LogP contribution in [-0.2, 0) is 9.53 Å². The first kappa shape index (κ1) is 10.7. The Morgan fingerprint density at radius 1 is 1.46 bits per heavy atom. The summed E-state index contributed by atoms with van der Waals surface area (Å²) in [6.45, 7) is 6.78. The number of carbonyl (C=O) groups excluding carboxylic acids is 1. The number of nitrogens with zero attached hydrogens (tertiary/aromatic N) is 1. The highest BCUT2D eigenvalue weighted by molar-refractivity contribution is 6.73. The lowest BCUT2D eigenvalue weighted by Crippen LogP contribution is -2.51. The average Bonchev–Trinajstić information content (AvgIpc) is 2.01. The molecule has 0 radical (unpaired) electrons. The predicted octanol–water partition coefficient (Wildman–Crippen LogP) is 1.81. The van der Waals surface area contributed by atoms with Crippen molar-refractivity contribution in [1.82, 2.24) is 4.57 Å². The molecule has 1 aliphatic heterocycles. The van der Waals surface area contributed by atoms with Gasteiger partial charge in [-0.3, -0.25) is 9.36 Å². The zero-order valence-corrected chi connectivity index (χ0v) is 9.96. The molecule has 4 heteroatoms. The molecule has 1 aliphatic rings. The summed E-state index contributed by atoms with van der Waals surface area (Å²) in [6.07, 6.45) is 2.59. The molecule has 1 saturated heterocycles. The summed E-state index contributed by atoms with van der Waals surface area (Å²) in [5, 5.41) is 0. The van der Waals surface area contributed by atoms with Crippen molar-refractivity contribution in [2.24, 2.45) is 0 Å². The number of carbonyl (C=O) groups is 1. The van der Waals surface area contributed by atoms with Crippen LogP contribution in [0.25, 0.3) is 0 Å². The van der Waals surface area contributed by atoms with Crippen LogP contribution in [0.4, 0.5) is 0 Å². The van der Waals surface area contributed by atoms with Crippen LogP contribution in [0.1, 0.15) is 19.3 Å². The first-order valence-electron chi connectivity index (χ1n) is 4.83. The summed E-state index contributed by atoms with van der Waals surface area (Å²) in [7, 11) is 0.743. The third-order valence-corrected chi connectivity index (χ3v) is 4.99. The largest absolute Gasteiger partial charge is 0.447 e. The van der Waals surface area contributed by atoms with Gasteiger partial charge >= 0.3 is 5.97 Å². The van der Waals surface area contributed by atoms with Crippen molar-refractivity contribution >= 4 is 14.2 Å². The highest BCUT2D eigenvalue weighted by Crippen LogP contribution is 2.21. The van der Waals surface area contributed by atoms with Gasteiger partial charge in [0.25, 0.3) is 0 Å². The van der Waals surface area contributed by atoms with Crippen molar-refractivity contribution in [3.8, 4) is 0 Å². The topological polar surface area (TPSA) is 29.5 Å². The molecule has 0 amide bonds. The molecule has 13 heavy (non-hydrogen) atoms. The van der Waals surface area contributed by atoms with Crippen LogP contribution in [0.5, 0.6) is 0 Å². The molecule has 0 aliphatic carbocycles. The van der Waals surface area contributed by atoms with Crippen LogP contribution in [0, 0.1) is 0 Å². The van der Waals surface area contributed by atoms with Gasteiger partial charge in [0, 0.05) is 6.42 Å². The monoisotopic (exact) mass is 201 g/mol. The molecule has 0 N–H and O–H groups in total. The summed E-state index contributed by atoms with van der Waals surface area (Å²) in [6, 6.07) is 0. The summed E-state index contributed by atoms with van der Waals surface area (Å²) in [5.74, 6) is -0.0404. The van der Waals surface area contributed by atoms with Gasteiger partial charge in [0.2, 0.25) is 0 Å². The van der Waals surface area contributed by atoms with E-state index in [1.54, 1.807) is 0 Å². The van der Waals surface area contributed by atoms with E-state index >= 15 is 0 Å². The second-order valence-corrected chi connectivity index (χ2v) is 9.67. The Kier molecular flexibility index (Phi) is 3.13. The molecule has 0 bridgehead atoms. The molecule has 0 spiro atoms. The molecule has 0 saturated carbocycles. The average molecular weight is 201 g/mol. The van der Waals surface area contributed by atoms with Crippen molar-refractivity contribution in [3.05, 3.63) is 0 Å². The molecule has 76 valence electrons. The minimum atomic E-state index is -1.32. The number of hydrogen-bond acceptors (Lipinski definition) is 3. The minimum absolute atomic E-state index is 0.0351. The second-order valence-electron chi connectivity index (χ2n) is 4.62. The fraction of sp³-hybridized carbons (Fsp3) is 0.889. The molecular formula is C9H19NO2Si. The van der Waals surface area contributed by atoms with E-state index in [4.69, 9.17) is 4.74 Å². The van der Waals surface area contributed by atoms with Crippen molar-refractivity contribution in [1.29, 1.82) is 0 Å². The smallest absolute Gasteiger partial charge is 0.307 e. The SMILES string of the molecule is CN(C1CCCC(=O)O1)[Si](C)(C)C. The van der Waals surface area contributed by atoms with E-state index in [0.717, 1.165) is 12.8 Å². The quantitative estimate of drug-likeness (QED) is 0.504. The molecule has 1 heterocycles. The Bertz CT molecular complexity index is 200. The third-order valence-electron chi connectivity index (χ3n) is 2.59. The Morgan fingerprint density at radius 2 is 2.08 bits per heavy atom. The van der Waals surface area contributed by atoms with Gasteiger partial charge in [0.1, 0.15) is 14.5 Å². The number of rotatable bonds is 2. The van der Waals surface area contributed by atoms with Gasteiger partial charge in [-0.1, -0.05) is 19.6 Å². The second kappa shape index (κ2) is 3.80. The van der Waals surface area contributed by atoms with E-state index in [1.807, 2.05) is 0 Å². The molecule has 1 unspecified atom stereocenters. The van der Waals surface area contributed by atoms with Crippen LogP contribution in [0.15, 0.2) is 0 Å². The zero-order chi connectivity index (χ0) is 10.1. The summed E-state index contributed by atoms with van der Waals surface area (Å²) in [5.41, 5.74) is 0. The molecular weight excluding hydrogens is 182 g/mol. The lowest BCUT2D eigenvalue weighted by atomic mass is 10.2. The summed E-state index contributed by atoms with van der Waals surface area (Å²) in [4.78, 5) is 11.1. The fourth-order valence-electron chi connectivity index (χ4n) is 1.40. The Balaban J connectivity index is 2.56. The third kappa shape index (κ3) is 2.81. The van der Waals surface area contributed by atoms with Crippen molar-refractivity contribution in [2.75, 3.05) is 7.05 Å². The van der Waals surface area contributed by atoms with E-state index in [2.05, 4.69) is 31.3 Å². The van der Waals surface area contributed by atoms with Crippen molar-refractivity contribution < 1.29 is 9.53 Å². The molecule has 1 atom stereocenters. The first-order valence-corrected chi connectivity index (χ1v) is 8.28. The van der Waals surface area contributed by atoms with Crippen LogP contribution in [-0.4, -0.2) is 32.0 Å². The maximum atomic E-state index is 11.1. The molecule has 0 aromatic rings. The highest BCUT2D eigenvalue weighted by Gasteiger charge is 2.31. The summed E-state index contributed by atoms with van der Waals surface area (Å²) < 4.78 is 7.55. The molecule has 0 aromatic carbocycles. The van der Waals surface area contributed by atoms with Gasteiger partial charge in [-0.15, -0.1) is 0 Å². The Morgan fingerprint density at radius 3 is 2.54 bits per heavy atom. The van der Waals surface area contributed by atoms with Crippen LogP contribution >= 0.6 is 0 Å². The van der Waals surface area contributed by atoms with Crippen molar-refractivity contribution in [3.63, 3.8) is 0 Å². The number of hydrogen-bond donors (Lipinski definition) is 0. The maximum Gasteiger partial charge on any atom is 0.307 e. The van der Waals surface area contributed by atoms with E-state index in [-0.39, 0.29) is 12.2 Å². The lowest BCUT2D eigenvalue weighted by molar-refractivity contribution is -0.160. The molecule has 1 fully saturated rings. The summed E-state index contributed by atoms with van der Waals surface area (Å²) >= 11 is 0. The van der Waals surface area contributed by atoms with Gasteiger partial charge in [0.15, 0.2) is 0 Å².